The van der Waals surface area contributed by atoms with Gasteiger partial charge in [0.15, 0.2) is 0 Å². The van der Waals surface area contributed by atoms with E-state index < -0.39 is 0 Å². The average Bonchev–Trinajstić information content (AvgIpc) is 2.39. The number of nitrogens with two attached hydrogens (primary N) is 1. The highest BCUT2D eigenvalue weighted by Crippen LogP contribution is 2.25. The van der Waals surface area contributed by atoms with E-state index in [0.29, 0.717) is 23.6 Å². The zero-order valence-corrected chi connectivity index (χ0v) is 12.0. The summed E-state index contributed by atoms with van der Waals surface area (Å²) in [5, 5.41) is 8.81. The maximum atomic E-state index is 8.81. The van der Waals surface area contributed by atoms with Crippen molar-refractivity contribution >= 4 is 5.69 Å². The molecule has 0 spiro atoms. The van der Waals surface area contributed by atoms with Gasteiger partial charge in [-0.05, 0) is 55.7 Å². The maximum Gasteiger partial charge on any atom is 0.142 e. The molecule has 0 saturated carbocycles. The molecule has 0 aliphatic rings. The minimum absolute atomic E-state index is 0.480. The zero-order valence-electron chi connectivity index (χ0n) is 12.0. The number of nitrogen functional groups attached to an aromatic ring is 1. The van der Waals surface area contributed by atoms with Gasteiger partial charge in [0.1, 0.15) is 12.4 Å². The second kappa shape index (κ2) is 5.66. The highest BCUT2D eigenvalue weighted by molar-refractivity contribution is 5.56. The van der Waals surface area contributed by atoms with E-state index in [9.17, 15) is 0 Å². The lowest BCUT2D eigenvalue weighted by molar-refractivity contribution is 0.306. The fourth-order valence-electron chi connectivity index (χ4n) is 2.34. The van der Waals surface area contributed by atoms with Gasteiger partial charge in [0.25, 0.3) is 0 Å². The molecule has 20 heavy (non-hydrogen) atoms. The molecule has 0 bridgehead atoms. The Hall–Kier alpha value is -2.47. The molecule has 3 nitrogen and oxygen atoms in total. The first-order valence-electron chi connectivity index (χ1n) is 6.50. The van der Waals surface area contributed by atoms with Gasteiger partial charge in [0, 0.05) is 0 Å². The molecular weight excluding hydrogens is 248 g/mol. The van der Waals surface area contributed by atoms with Crippen LogP contribution >= 0.6 is 0 Å². The monoisotopic (exact) mass is 266 g/mol. The molecule has 0 atom stereocenters. The summed E-state index contributed by atoms with van der Waals surface area (Å²) in [6.45, 7) is 6.74. The zero-order chi connectivity index (χ0) is 14.7. The van der Waals surface area contributed by atoms with E-state index in [1.165, 1.54) is 22.3 Å². The predicted molar refractivity (Wildman–Crippen MR) is 80.6 cm³/mol. The van der Waals surface area contributed by atoms with Gasteiger partial charge in [-0.2, -0.15) is 5.26 Å². The molecule has 0 amide bonds. The van der Waals surface area contributed by atoms with Crippen LogP contribution in [0.25, 0.3) is 0 Å². The van der Waals surface area contributed by atoms with Crippen molar-refractivity contribution in [1.82, 2.24) is 0 Å². The van der Waals surface area contributed by atoms with Crippen LogP contribution in [0.5, 0.6) is 5.75 Å². The maximum absolute atomic E-state index is 8.81. The Morgan fingerprint density at radius 3 is 2.30 bits per heavy atom. The Morgan fingerprint density at radius 2 is 1.75 bits per heavy atom. The van der Waals surface area contributed by atoms with Gasteiger partial charge >= 0.3 is 0 Å². The highest BCUT2D eigenvalue weighted by Gasteiger charge is 2.07. The lowest BCUT2D eigenvalue weighted by atomic mass is 10.0. The normalized spacial score (nSPS) is 10.1. The van der Waals surface area contributed by atoms with Crippen LogP contribution in [-0.2, 0) is 6.61 Å². The number of anilines is 1. The quantitative estimate of drug-likeness (QED) is 0.863. The van der Waals surface area contributed by atoms with Gasteiger partial charge < -0.3 is 10.5 Å². The van der Waals surface area contributed by atoms with E-state index in [-0.39, 0.29) is 0 Å². The van der Waals surface area contributed by atoms with Gasteiger partial charge in [-0.3, -0.25) is 0 Å². The van der Waals surface area contributed by atoms with Crippen LogP contribution in [0, 0.1) is 32.1 Å². The van der Waals surface area contributed by atoms with Crippen LogP contribution in [0.15, 0.2) is 30.3 Å². The summed E-state index contributed by atoms with van der Waals surface area (Å²) < 4.78 is 5.79. The Balaban J connectivity index is 2.20. The summed E-state index contributed by atoms with van der Waals surface area (Å²) in [6, 6.07) is 11.4. The van der Waals surface area contributed by atoms with E-state index >= 15 is 0 Å². The molecule has 2 aromatic rings. The second-order valence-electron chi connectivity index (χ2n) is 5.03. The van der Waals surface area contributed by atoms with Crippen molar-refractivity contribution < 1.29 is 4.74 Å². The molecule has 2 rings (SSSR count). The molecule has 2 aromatic carbocycles. The van der Waals surface area contributed by atoms with Crippen molar-refractivity contribution in [1.29, 1.82) is 5.26 Å². The molecule has 102 valence electrons. The smallest absolute Gasteiger partial charge is 0.142 e. The van der Waals surface area contributed by atoms with Crippen molar-refractivity contribution in [3.8, 4) is 11.8 Å². The first-order chi connectivity index (χ1) is 9.51. The van der Waals surface area contributed by atoms with E-state index in [1.807, 2.05) is 0 Å². The summed E-state index contributed by atoms with van der Waals surface area (Å²) in [5.74, 6) is 0.614. The minimum atomic E-state index is 0.480. The van der Waals surface area contributed by atoms with Crippen molar-refractivity contribution in [2.45, 2.75) is 27.4 Å². The summed E-state index contributed by atoms with van der Waals surface area (Å²) in [7, 11) is 0. The largest absolute Gasteiger partial charge is 0.487 e. The van der Waals surface area contributed by atoms with Crippen LogP contribution in [0.1, 0.15) is 27.8 Å². The minimum Gasteiger partial charge on any atom is -0.487 e. The Labute approximate surface area is 119 Å². The summed E-state index contributed by atoms with van der Waals surface area (Å²) >= 11 is 0. The molecule has 3 heteroatoms. The van der Waals surface area contributed by atoms with Crippen molar-refractivity contribution in [2.75, 3.05) is 5.73 Å². The number of hydrogen-bond acceptors (Lipinski definition) is 3. The van der Waals surface area contributed by atoms with Gasteiger partial charge in [0.2, 0.25) is 0 Å². The summed E-state index contributed by atoms with van der Waals surface area (Å²) in [4.78, 5) is 0. The third kappa shape index (κ3) is 2.92. The van der Waals surface area contributed by atoms with Gasteiger partial charge in [-0.1, -0.05) is 17.7 Å². The standard InChI is InChI=1S/C17H18N2O/c1-11-6-12(2)15(13(3)7-11)10-20-17-5-4-14(9-18)8-16(17)19/h4-8H,10,19H2,1-3H3. The molecule has 2 N–H and O–H groups in total. The van der Waals surface area contributed by atoms with Crippen molar-refractivity contribution in [3.63, 3.8) is 0 Å². The molecule has 0 aromatic heterocycles. The van der Waals surface area contributed by atoms with Gasteiger partial charge in [-0.15, -0.1) is 0 Å². The van der Waals surface area contributed by atoms with Crippen LogP contribution in [0.2, 0.25) is 0 Å². The first kappa shape index (κ1) is 14.0. The lowest BCUT2D eigenvalue weighted by Gasteiger charge is -2.14. The molecular formula is C17H18N2O. The van der Waals surface area contributed by atoms with Gasteiger partial charge in [-0.25, -0.2) is 0 Å². The van der Waals surface area contributed by atoms with Gasteiger partial charge in [0.05, 0.1) is 17.3 Å². The molecule has 0 radical (unpaired) electrons. The topological polar surface area (TPSA) is 59.0 Å². The molecule has 0 unspecified atom stereocenters. The van der Waals surface area contributed by atoms with Crippen LogP contribution in [0.3, 0.4) is 0 Å². The Kier molecular flexibility index (Phi) is 3.95. The molecule has 0 fully saturated rings. The number of aryl methyl sites for hydroxylation is 3. The van der Waals surface area contributed by atoms with E-state index in [1.54, 1.807) is 18.2 Å². The second-order valence-corrected chi connectivity index (χ2v) is 5.03. The molecule has 0 aliphatic carbocycles. The third-order valence-electron chi connectivity index (χ3n) is 3.35. The van der Waals surface area contributed by atoms with E-state index in [4.69, 9.17) is 15.7 Å². The number of nitrogens with zero attached hydrogens (tertiary/aromatic N) is 1. The number of ether oxygens (including phenoxy) is 1. The molecule has 0 heterocycles. The van der Waals surface area contributed by atoms with Crippen LogP contribution < -0.4 is 10.5 Å². The summed E-state index contributed by atoms with van der Waals surface area (Å²) in [6.07, 6.45) is 0. The van der Waals surface area contributed by atoms with Crippen molar-refractivity contribution in [3.05, 3.63) is 58.1 Å². The van der Waals surface area contributed by atoms with Crippen LogP contribution in [0.4, 0.5) is 5.69 Å². The number of rotatable bonds is 3. The van der Waals surface area contributed by atoms with E-state index in [2.05, 4.69) is 39.0 Å². The number of benzene rings is 2. The molecule has 0 saturated heterocycles. The lowest BCUT2D eigenvalue weighted by Crippen LogP contribution is -2.03. The fourth-order valence-corrected chi connectivity index (χ4v) is 2.34. The first-order valence-corrected chi connectivity index (χ1v) is 6.50. The average molecular weight is 266 g/mol. The number of nitriles is 1. The fraction of sp³-hybridized carbons (Fsp3) is 0.235. The Bertz CT molecular complexity index is 661. The van der Waals surface area contributed by atoms with Crippen LogP contribution in [-0.4, -0.2) is 0 Å². The molecule has 0 aliphatic heterocycles. The number of hydrogen-bond donors (Lipinski definition) is 1. The Morgan fingerprint density at radius 1 is 1.10 bits per heavy atom. The van der Waals surface area contributed by atoms with Crippen molar-refractivity contribution in [2.24, 2.45) is 0 Å². The van der Waals surface area contributed by atoms with E-state index in [0.717, 1.165) is 0 Å². The SMILES string of the molecule is Cc1cc(C)c(COc2ccc(C#N)cc2N)c(C)c1. The highest BCUT2D eigenvalue weighted by atomic mass is 16.5. The predicted octanol–water partition coefficient (Wildman–Crippen LogP) is 3.64. The summed E-state index contributed by atoms with van der Waals surface area (Å²) in [5.41, 5.74) is 11.8. The third-order valence-corrected chi connectivity index (χ3v) is 3.35.